The monoisotopic (exact) mass is 337 g/mol. The molecule has 0 saturated heterocycles. The van der Waals surface area contributed by atoms with Crippen LogP contribution in [0.15, 0.2) is 48.5 Å². The maximum atomic E-state index is 12.9. The molecule has 3 rings (SSSR count). The number of benzene rings is 2. The first-order chi connectivity index (χ1) is 12.0. The molecule has 0 aromatic heterocycles. The molecule has 0 spiro atoms. The second-order valence-corrected chi connectivity index (χ2v) is 5.47. The molecular formula is C19H15NO5. The number of carboxylic acid groups (broad SMARTS) is 1. The quantitative estimate of drug-likeness (QED) is 0.688. The number of hydrogen-bond acceptors (Lipinski definition) is 4. The number of carbonyl (C=O) groups excluding carboxylic acids is 2. The van der Waals surface area contributed by atoms with Crippen molar-refractivity contribution in [2.24, 2.45) is 0 Å². The molecule has 6 heteroatoms. The number of anilines is 1. The molecule has 0 bridgehead atoms. The Kier molecular flexibility index (Phi) is 4.10. The standard InChI is InChI=1S/C19H15NO5/c1-11(21)20-15-10-13(19(23)24)8-9-14(15)16(18(20)22)17(25-2)12-6-4-3-5-7-12/h3-10H,1-2H3,(H,23,24)/b17-16+. The molecule has 25 heavy (non-hydrogen) atoms. The Morgan fingerprint density at radius 1 is 1.04 bits per heavy atom. The summed E-state index contributed by atoms with van der Waals surface area (Å²) < 4.78 is 5.46. The zero-order valence-corrected chi connectivity index (χ0v) is 13.6. The highest BCUT2D eigenvalue weighted by Gasteiger charge is 2.38. The normalized spacial score (nSPS) is 15.0. The van der Waals surface area contributed by atoms with Gasteiger partial charge in [-0.15, -0.1) is 0 Å². The first-order valence-electron chi connectivity index (χ1n) is 7.52. The average molecular weight is 337 g/mol. The first-order valence-corrected chi connectivity index (χ1v) is 7.52. The molecule has 1 N–H and O–H groups in total. The Bertz CT molecular complexity index is 915. The van der Waals surface area contributed by atoms with Gasteiger partial charge >= 0.3 is 5.97 Å². The van der Waals surface area contributed by atoms with Crippen LogP contribution in [0.25, 0.3) is 11.3 Å². The van der Waals surface area contributed by atoms with Crippen LogP contribution in [0.5, 0.6) is 0 Å². The van der Waals surface area contributed by atoms with Crippen LogP contribution >= 0.6 is 0 Å². The molecule has 0 fully saturated rings. The van der Waals surface area contributed by atoms with Gasteiger partial charge in [-0.25, -0.2) is 9.69 Å². The van der Waals surface area contributed by atoms with Gasteiger partial charge in [-0.2, -0.15) is 0 Å². The third-order valence-electron chi connectivity index (χ3n) is 3.95. The van der Waals surface area contributed by atoms with Crippen molar-refractivity contribution >= 4 is 34.8 Å². The van der Waals surface area contributed by atoms with Gasteiger partial charge in [0.05, 0.1) is 23.9 Å². The Hall–Kier alpha value is -3.41. The van der Waals surface area contributed by atoms with E-state index in [0.717, 1.165) is 4.90 Å². The molecule has 1 aliphatic rings. The molecule has 0 radical (unpaired) electrons. The highest BCUT2D eigenvalue weighted by molar-refractivity contribution is 6.43. The predicted octanol–water partition coefficient (Wildman–Crippen LogP) is 2.79. The van der Waals surface area contributed by atoms with Crippen LogP contribution in [0.2, 0.25) is 0 Å². The lowest BCUT2D eigenvalue weighted by Gasteiger charge is -2.13. The number of methoxy groups -OCH3 is 1. The van der Waals surface area contributed by atoms with Crippen molar-refractivity contribution < 1.29 is 24.2 Å². The zero-order chi connectivity index (χ0) is 18.1. The Morgan fingerprint density at radius 3 is 2.28 bits per heavy atom. The van der Waals surface area contributed by atoms with Gasteiger partial charge < -0.3 is 9.84 Å². The zero-order valence-electron chi connectivity index (χ0n) is 13.6. The van der Waals surface area contributed by atoms with Crippen molar-refractivity contribution in [1.82, 2.24) is 0 Å². The van der Waals surface area contributed by atoms with E-state index >= 15 is 0 Å². The summed E-state index contributed by atoms with van der Waals surface area (Å²) in [5.74, 6) is -1.83. The summed E-state index contributed by atoms with van der Waals surface area (Å²) in [6.45, 7) is 1.26. The second kappa shape index (κ2) is 6.24. The van der Waals surface area contributed by atoms with Crippen molar-refractivity contribution in [3.05, 3.63) is 65.2 Å². The topological polar surface area (TPSA) is 83.9 Å². The lowest BCUT2D eigenvalue weighted by molar-refractivity contribution is -0.122. The fraction of sp³-hybridized carbons (Fsp3) is 0.105. The van der Waals surface area contributed by atoms with Gasteiger partial charge in [0, 0.05) is 18.1 Å². The minimum atomic E-state index is -1.13. The van der Waals surface area contributed by atoms with E-state index in [-0.39, 0.29) is 16.8 Å². The number of imide groups is 1. The van der Waals surface area contributed by atoms with Crippen molar-refractivity contribution in [3.8, 4) is 0 Å². The van der Waals surface area contributed by atoms with E-state index in [1.165, 1.54) is 32.2 Å². The molecule has 0 unspecified atom stereocenters. The lowest BCUT2D eigenvalue weighted by Crippen LogP contribution is -2.31. The second-order valence-electron chi connectivity index (χ2n) is 5.47. The van der Waals surface area contributed by atoms with Crippen LogP contribution in [0.1, 0.15) is 28.4 Å². The molecule has 0 saturated carbocycles. The van der Waals surface area contributed by atoms with Crippen molar-refractivity contribution in [2.75, 3.05) is 12.0 Å². The van der Waals surface area contributed by atoms with Crippen LogP contribution < -0.4 is 4.90 Å². The summed E-state index contributed by atoms with van der Waals surface area (Å²) in [7, 11) is 1.45. The SMILES string of the molecule is CO/C(=C1/C(=O)N(C(C)=O)c2cc(C(=O)O)ccc21)c1ccccc1. The van der Waals surface area contributed by atoms with Crippen molar-refractivity contribution in [2.45, 2.75) is 6.92 Å². The molecule has 0 aliphatic carbocycles. The summed E-state index contributed by atoms with van der Waals surface area (Å²) in [6, 6.07) is 13.3. The Labute approximate surface area is 143 Å². The summed E-state index contributed by atoms with van der Waals surface area (Å²) in [6.07, 6.45) is 0. The first kappa shape index (κ1) is 16.4. The van der Waals surface area contributed by atoms with Crippen molar-refractivity contribution in [1.29, 1.82) is 0 Å². The number of aromatic carboxylic acids is 1. The van der Waals surface area contributed by atoms with Gasteiger partial charge in [-0.05, 0) is 12.1 Å². The highest BCUT2D eigenvalue weighted by Crippen LogP contribution is 2.41. The van der Waals surface area contributed by atoms with E-state index in [9.17, 15) is 19.5 Å². The van der Waals surface area contributed by atoms with Gasteiger partial charge in [-0.3, -0.25) is 9.59 Å². The van der Waals surface area contributed by atoms with E-state index in [4.69, 9.17) is 4.74 Å². The van der Waals surface area contributed by atoms with Crippen LogP contribution in [-0.2, 0) is 14.3 Å². The summed E-state index contributed by atoms with van der Waals surface area (Å²) >= 11 is 0. The molecule has 0 atom stereocenters. The largest absolute Gasteiger partial charge is 0.495 e. The molecule has 2 amide bonds. The van der Waals surface area contributed by atoms with E-state index < -0.39 is 17.8 Å². The van der Waals surface area contributed by atoms with E-state index in [2.05, 4.69) is 0 Å². The van der Waals surface area contributed by atoms with Crippen LogP contribution in [0.3, 0.4) is 0 Å². The number of carboxylic acids is 1. The minimum absolute atomic E-state index is 0.00210. The van der Waals surface area contributed by atoms with Crippen molar-refractivity contribution in [3.63, 3.8) is 0 Å². The molecular weight excluding hydrogens is 322 g/mol. The number of rotatable bonds is 3. The highest BCUT2D eigenvalue weighted by atomic mass is 16.5. The number of hydrogen-bond donors (Lipinski definition) is 1. The maximum Gasteiger partial charge on any atom is 0.335 e. The fourth-order valence-electron chi connectivity index (χ4n) is 2.88. The number of nitrogens with zero attached hydrogens (tertiary/aromatic N) is 1. The van der Waals surface area contributed by atoms with Crippen LogP contribution in [0.4, 0.5) is 5.69 Å². The molecule has 6 nitrogen and oxygen atoms in total. The molecule has 1 aliphatic heterocycles. The minimum Gasteiger partial charge on any atom is -0.495 e. The number of amides is 2. The van der Waals surface area contributed by atoms with E-state index in [1.54, 1.807) is 12.1 Å². The third-order valence-corrected chi connectivity index (χ3v) is 3.95. The van der Waals surface area contributed by atoms with Gasteiger partial charge in [-0.1, -0.05) is 36.4 Å². The van der Waals surface area contributed by atoms with E-state index in [1.807, 2.05) is 18.2 Å². The van der Waals surface area contributed by atoms with Gasteiger partial charge in [0.15, 0.2) is 0 Å². The third kappa shape index (κ3) is 2.67. The predicted molar refractivity (Wildman–Crippen MR) is 91.8 cm³/mol. The number of carbonyl (C=O) groups is 3. The Balaban J connectivity index is 2.30. The lowest BCUT2D eigenvalue weighted by atomic mass is 10.0. The molecule has 2 aromatic carbocycles. The van der Waals surface area contributed by atoms with E-state index in [0.29, 0.717) is 16.9 Å². The summed E-state index contributed by atoms with van der Waals surface area (Å²) in [5.41, 5.74) is 1.63. The maximum absolute atomic E-state index is 12.9. The molecule has 2 aromatic rings. The Morgan fingerprint density at radius 2 is 1.72 bits per heavy atom. The molecule has 126 valence electrons. The van der Waals surface area contributed by atoms with Crippen LogP contribution in [-0.4, -0.2) is 30.0 Å². The van der Waals surface area contributed by atoms with Gasteiger partial charge in [0.25, 0.3) is 5.91 Å². The van der Waals surface area contributed by atoms with Crippen LogP contribution in [0, 0.1) is 0 Å². The fourth-order valence-corrected chi connectivity index (χ4v) is 2.88. The average Bonchev–Trinajstić information content (AvgIpc) is 2.88. The van der Waals surface area contributed by atoms with Gasteiger partial charge in [0.2, 0.25) is 5.91 Å². The summed E-state index contributed by atoms with van der Waals surface area (Å²) in [4.78, 5) is 37.1. The summed E-state index contributed by atoms with van der Waals surface area (Å²) in [5, 5.41) is 9.18. The molecule has 1 heterocycles. The number of ether oxygens (including phenoxy) is 1. The number of fused-ring (bicyclic) bond motifs is 1. The van der Waals surface area contributed by atoms with Gasteiger partial charge in [0.1, 0.15) is 5.76 Å². The smallest absolute Gasteiger partial charge is 0.335 e.